The van der Waals surface area contributed by atoms with E-state index in [1.807, 2.05) is 21.1 Å². The fraction of sp³-hybridized carbons (Fsp3) is 0.800. The van der Waals surface area contributed by atoms with Crippen LogP contribution in [0.5, 0.6) is 0 Å². The van der Waals surface area contributed by atoms with Crippen molar-refractivity contribution in [3.8, 4) is 0 Å². The fourth-order valence-electron chi connectivity index (χ4n) is 2.62. The van der Waals surface area contributed by atoms with E-state index in [1.54, 1.807) is 13.8 Å². The molecule has 0 saturated carbocycles. The SMILES string of the molecule is CC(=O)CC(=O)OCC(C)(C)[C@H]1OP(=O)(OCC[N+](C)(C)C)SCCNC(=O)CCNC1=O. The van der Waals surface area contributed by atoms with Gasteiger partial charge in [0.05, 0.1) is 27.7 Å². The number of rotatable bonds is 9. The number of quaternary nitrogens is 1. The van der Waals surface area contributed by atoms with E-state index >= 15 is 0 Å². The molecule has 2 atom stereocenters. The number of carbonyl (C=O) groups is 4. The maximum absolute atomic E-state index is 13.6. The molecule has 0 aromatic carbocycles. The van der Waals surface area contributed by atoms with Crippen molar-refractivity contribution in [3.63, 3.8) is 0 Å². The second-order valence-corrected chi connectivity index (χ2v) is 13.7. The highest BCUT2D eigenvalue weighted by Crippen LogP contribution is 2.62. The predicted octanol–water partition coefficient (Wildman–Crippen LogP) is 1.12. The highest BCUT2D eigenvalue weighted by atomic mass is 32.7. The Morgan fingerprint density at radius 1 is 1.21 bits per heavy atom. The number of amides is 2. The van der Waals surface area contributed by atoms with Gasteiger partial charge < -0.3 is 19.9 Å². The Kier molecular flexibility index (Phi) is 11.5. The van der Waals surface area contributed by atoms with Crippen molar-refractivity contribution in [1.29, 1.82) is 0 Å². The summed E-state index contributed by atoms with van der Waals surface area (Å²) in [4.78, 5) is 47.9. The van der Waals surface area contributed by atoms with Gasteiger partial charge in [0, 0.05) is 30.7 Å². The first-order valence-corrected chi connectivity index (χ1v) is 13.8. The van der Waals surface area contributed by atoms with Gasteiger partial charge in [-0.1, -0.05) is 13.8 Å². The monoisotopic (exact) mass is 510 g/mol. The standard InChI is InChI=1S/C20H36N3O8PS/c1-15(24)13-17(26)29-14-20(2,3)18-19(27)22-8-7-16(25)21-9-12-33-32(28,31-18)30-11-10-23(4,5)6/h18H,7-14H2,1-6H3,(H-,21,22,25,27)/p+1/t18-,32?/m0/s1. The fourth-order valence-corrected chi connectivity index (χ4v) is 6.01. The molecular weight excluding hydrogens is 473 g/mol. The number of hydrogen-bond donors (Lipinski definition) is 2. The van der Waals surface area contributed by atoms with Gasteiger partial charge in [-0.25, -0.2) is 4.57 Å². The predicted molar refractivity (Wildman–Crippen MR) is 124 cm³/mol. The third-order valence-electron chi connectivity index (χ3n) is 4.52. The molecule has 1 aliphatic heterocycles. The molecule has 190 valence electrons. The van der Waals surface area contributed by atoms with Crippen molar-refractivity contribution in [1.82, 2.24) is 10.6 Å². The van der Waals surface area contributed by atoms with Gasteiger partial charge in [0.25, 0.3) is 0 Å². The summed E-state index contributed by atoms with van der Waals surface area (Å²) in [5.41, 5.74) is -1.11. The van der Waals surface area contributed by atoms with Gasteiger partial charge in [-0.15, -0.1) is 0 Å². The van der Waals surface area contributed by atoms with Crippen LogP contribution in [0.15, 0.2) is 0 Å². The van der Waals surface area contributed by atoms with E-state index in [4.69, 9.17) is 13.8 Å². The summed E-state index contributed by atoms with van der Waals surface area (Å²) in [5.74, 6) is -1.66. The van der Waals surface area contributed by atoms with Crippen molar-refractivity contribution >= 4 is 41.7 Å². The van der Waals surface area contributed by atoms with Crippen LogP contribution in [-0.4, -0.2) is 93.9 Å². The molecule has 1 saturated heterocycles. The lowest BCUT2D eigenvalue weighted by atomic mass is 9.87. The summed E-state index contributed by atoms with van der Waals surface area (Å²) < 4.78 is 30.9. The van der Waals surface area contributed by atoms with Crippen LogP contribution in [0.25, 0.3) is 0 Å². The van der Waals surface area contributed by atoms with E-state index in [9.17, 15) is 23.7 Å². The number of nitrogens with one attached hydrogen (secondary N) is 2. The molecule has 0 bridgehead atoms. The van der Waals surface area contributed by atoms with Crippen LogP contribution in [0.4, 0.5) is 0 Å². The van der Waals surface area contributed by atoms with Crippen LogP contribution in [0.2, 0.25) is 0 Å². The summed E-state index contributed by atoms with van der Waals surface area (Å²) in [7, 11) is 5.87. The summed E-state index contributed by atoms with van der Waals surface area (Å²) in [6.07, 6.45) is -1.60. The van der Waals surface area contributed by atoms with Crippen molar-refractivity contribution < 1.29 is 42.0 Å². The number of nitrogens with zero attached hydrogens (tertiary/aromatic N) is 1. The van der Waals surface area contributed by atoms with Crippen molar-refractivity contribution in [3.05, 3.63) is 0 Å². The highest BCUT2D eigenvalue weighted by molar-refractivity contribution is 8.55. The molecule has 0 spiro atoms. The molecule has 1 unspecified atom stereocenters. The van der Waals surface area contributed by atoms with Crippen LogP contribution in [0.1, 0.15) is 33.6 Å². The number of likely N-dealkylation sites (N-methyl/N-ethyl adjacent to an activating group) is 1. The number of Topliss-reactive ketones (excluding diaryl/α,β-unsaturated/α-hetero) is 1. The first kappa shape index (κ1) is 29.6. The van der Waals surface area contributed by atoms with Crippen molar-refractivity contribution in [2.75, 3.05) is 59.7 Å². The van der Waals surface area contributed by atoms with E-state index in [2.05, 4.69) is 10.6 Å². The zero-order valence-electron chi connectivity index (χ0n) is 20.3. The Morgan fingerprint density at radius 2 is 1.88 bits per heavy atom. The third kappa shape index (κ3) is 12.0. The quantitative estimate of drug-likeness (QED) is 0.202. The Bertz CT molecular complexity index is 769. The minimum atomic E-state index is -3.83. The van der Waals surface area contributed by atoms with Crippen molar-refractivity contribution in [2.24, 2.45) is 5.41 Å². The zero-order valence-corrected chi connectivity index (χ0v) is 22.0. The van der Waals surface area contributed by atoms with E-state index in [0.717, 1.165) is 11.4 Å². The Hall–Kier alpha value is -1.46. The number of carbonyl (C=O) groups excluding carboxylic acids is 4. The molecule has 13 heteroatoms. The average Bonchev–Trinajstić information content (AvgIpc) is 2.66. The highest BCUT2D eigenvalue weighted by Gasteiger charge is 2.43. The van der Waals surface area contributed by atoms with Crippen molar-refractivity contribution in [2.45, 2.75) is 39.7 Å². The second kappa shape index (κ2) is 12.9. The van der Waals surface area contributed by atoms with Gasteiger partial charge in [-0.3, -0.25) is 28.2 Å². The molecule has 2 amide bonds. The topological polar surface area (TPSA) is 137 Å². The van der Waals surface area contributed by atoms with Crippen LogP contribution >= 0.6 is 18.2 Å². The molecule has 1 aliphatic rings. The van der Waals surface area contributed by atoms with Gasteiger partial charge in [-0.2, -0.15) is 0 Å². The smallest absolute Gasteiger partial charge is 0.390 e. The Labute approximate surface area is 199 Å². The van der Waals surface area contributed by atoms with Crippen LogP contribution in [0.3, 0.4) is 0 Å². The first-order chi connectivity index (χ1) is 15.1. The normalized spacial score (nSPS) is 23.5. The van der Waals surface area contributed by atoms with Gasteiger partial charge in [0.1, 0.15) is 25.4 Å². The molecular formula is C20H37N3O8PS+. The van der Waals surface area contributed by atoms with E-state index < -0.39 is 30.2 Å². The lowest BCUT2D eigenvalue weighted by Crippen LogP contribution is -2.48. The largest absolute Gasteiger partial charge is 0.465 e. The van der Waals surface area contributed by atoms with Crippen LogP contribution in [-0.2, 0) is 37.5 Å². The van der Waals surface area contributed by atoms with E-state index in [0.29, 0.717) is 11.0 Å². The Balaban J connectivity index is 3.10. The molecule has 0 aromatic rings. The summed E-state index contributed by atoms with van der Waals surface area (Å²) >= 11 is 0.903. The first-order valence-electron chi connectivity index (χ1n) is 10.7. The number of ether oxygens (including phenoxy) is 1. The zero-order chi connectivity index (χ0) is 25.3. The molecule has 1 fully saturated rings. The maximum atomic E-state index is 13.6. The third-order valence-corrected chi connectivity index (χ3v) is 8.26. The average molecular weight is 511 g/mol. The molecule has 0 radical (unpaired) electrons. The number of hydrogen-bond acceptors (Lipinski definition) is 9. The molecule has 1 rings (SSSR count). The molecule has 11 nitrogen and oxygen atoms in total. The van der Waals surface area contributed by atoms with Gasteiger partial charge >= 0.3 is 12.8 Å². The van der Waals surface area contributed by atoms with E-state index in [1.165, 1.54) is 6.92 Å². The molecule has 33 heavy (non-hydrogen) atoms. The summed E-state index contributed by atoms with van der Waals surface area (Å²) in [6.45, 7) is 1.44. The summed E-state index contributed by atoms with van der Waals surface area (Å²) in [5, 5.41) is 5.31. The van der Waals surface area contributed by atoms with Gasteiger partial charge in [0.2, 0.25) is 11.8 Å². The second-order valence-electron chi connectivity index (χ2n) is 9.53. The molecule has 0 aliphatic carbocycles. The lowest BCUT2D eigenvalue weighted by molar-refractivity contribution is -0.870. The minimum Gasteiger partial charge on any atom is -0.465 e. The number of esters is 1. The summed E-state index contributed by atoms with van der Waals surface area (Å²) in [6, 6.07) is 0. The maximum Gasteiger partial charge on any atom is 0.390 e. The van der Waals surface area contributed by atoms with E-state index in [-0.39, 0.29) is 56.6 Å². The molecule has 0 aromatic heterocycles. The van der Waals surface area contributed by atoms with Gasteiger partial charge in [-0.05, 0) is 18.3 Å². The number of ketones is 1. The molecule has 1 heterocycles. The van der Waals surface area contributed by atoms with Crippen LogP contribution < -0.4 is 10.6 Å². The van der Waals surface area contributed by atoms with Gasteiger partial charge in [0.15, 0.2) is 6.10 Å². The molecule has 2 N–H and O–H groups in total. The minimum absolute atomic E-state index is 0.0601. The Morgan fingerprint density at radius 3 is 2.48 bits per heavy atom. The van der Waals surface area contributed by atoms with Crippen LogP contribution in [0, 0.1) is 5.41 Å². The lowest BCUT2D eigenvalue weighted by Gasteiger charge is -2.34.